The summed E-state index contributed by atoms with van der Waals surface area (Å²) >= 11 is 5.89. The molecule has 2 aromatic carbocycles. The molecule has 0 saturated heterocycles. The molecule has 0 aliphatic carbocycles. The standard InChI is InChI=1S/C21H24ClN3O4/c1-13(2)18(25-21(28)24-16-9-5-4-6-10-16)20(27)29-14(3)19(26)23-17-11-7-8-15(22)12-17/h4-14,18H,1-3H3,(H,23,26)(H2,24,25,28)/t14-,18+/m1/s1. The lowest BCUT2D eigenvalue weighted by Gasteiger charge is -2.23. The lowest BCUT2D eigenvalue weighted by molar-refractivity contribution is -0.156. The summed E-state index contributed by atoms with van der Waals surface area (Å²) in [6.45, 7) is 5.00. The minimum atomic E-state index is -1.05. The number of benzene rings is 2. The van der Waals surface area contributed by atoms with E-state index in [4.69, 9.17) is 16.3 Å². The largest absolute Gasteiger partial charge is 0.451 e. The Morgan fingerprint density at radius 1 is 0.897 bits per heavy atom. The SMILES string of the molecule is CC(C)[C@H](NC(=O)Nc1ccccc1)C(=O)O[C@H](C)C(=O)Nc1cccc(Cl)c1. The van der Waals surface area contributed by atoms with Crippen LogP contribution < -0.4 is 16.0 Å². The Morgan fingerprint density at radius 2 is 1.55 bits per heavy atom. The van der Waals surface area contributed by atoms with Crippen LogP contribution in [-0.2, 0) is 14.3 Å². The maximum absolute atomic E-state index is 12.5. The van der Waals surface area contributed by atoms with Gasteiger partial charge in [0.2, 0.25) is 0 Å². The number of hydrogen-bond donors (Lipinski definition) is 3. The summed E-state index contributed by atoms with van der Waals surface area (Å²) < 4.78 is 5.26. The third kappa shape index (κ3) is 7.12. The number of halogens is 1. The molecule has 0 spiro atoms. The van der Waals surface area contributed by atoms with E-state index in [9.17, 15) is 14.4 Å². The van der Waals surface area contributed by atoms with E-state index in [0.717, 1.165) is 0 Å². The van der Waals surface area contributed by atoms with Gasteiger partial charge in [0.1, 0.15) is 6.04 Å². The van der Waals surface area contributed by atoms with Gasteiger partial charge in [0.15, 0.2) is 6.10 Å². The van der Waals surface area contributed by atoms with Crippen molar-refractivity contribution in [1.82, 2.24) is 5.32 Å². The monoisotopic (exact) mass is 417 g/mol. The van der Waals surface area contributed by atoms with Gasteiger partial charge in [-0.25, -0.2) is 9.59 Å². The lowest BCUT2D eigenvalue weighted by atomic mass is 10.0. The molecule has 0 fully saturated rings. The molecule has 0 saturated carbocycles. The number of ether oxygens (including phenoxy) is 1. The first kappa shape index (κ1) is 22.2. The third-order valence-corrected chi connectivity index (χ3v) is 4.23. The highest BCUT2D eigenvalue weighted by atomic mass is 35.5. The van der Waals surface area contributed by atoms with E-state index in [1.54, 1.807) is 62.4 Å². The molecule has 0 aromatic heterocycles. The highest BCUT2D eigenvalue weighted by Gasteiger charge is 2.29. The highest BCUT2D eigenvalue weighted by molar-refractivity contribution is 6.30. The Labute approximate surface area is 174 Å². The van der Waals surface area contributed by atoms with Crippen molar-refractivity contribution < 1.29 is 19.1 Å². The topological polar surface area (TPSA) is 96.5 Å². The number of carbonyl (C=O) groups is 3. The first-order chi connectivity index (χ1) is 13.8. The molecule has 0 aliphatic heterocycles. The zero-order valence-corrected chi connectivity index (χ0v) is 17.2. The van der Waals surface area contributed by atoms with Gasteiger partial charge in [-0.3, -0.25) is 4.79 Å². The van der Waals surface area contributed by atoms with E-state index in [2.05, 4.69) is 16.0 Å². The van der Waals surface area contributed by atoms with Crippen molar-refractivity contribution in [3.63, 3.8) is 0 Å². The number of para-hydroxylation sites is 1. The van der Waals surface area contributed by atoms with Crippen molar-refractivity contribution in [2.24, 2.45) is 5.92 Å². The average Bonchev–Trinajstić information content (AvgIpc) is 2.66. The molecule has 29 heavy (non-hydrogen) atoms. The van der Waals surface area contributed by atoms with Gasteiger partial charge in [-0.2, -0.15) is 0 Å². The number of esters is 1. The molecule has 2 rings (SSSR count). The van der Waals surface area contributed by atoms with Crippen LogP contribution in [0, 0.1) is 5.92 Å². The first-order valence-electron chi connectivity index (χ1n) is 9.15. The summed E-state index contributed by atoms with van der Waals surface area (Å²) in [5.74, 6) is -1.44. The van der Waals surface area contributed by atoms with Gasteiger partial charge < -0.3 is 20.7 Å². The minimum absolute atomic E-state index is 0.243. The van der Waals surface area contributed by atoms with Crippen LogP contribution in [-0.4, -0.2) is 30.1 Å². The van der Waals surface area contributed by atoms with E-state index >= 15 is 0 Å². The fourth-order valence-corrected chi connectivity index (χ4v) is 2.63. The summed E-state index contributed by atoms with van der Waals surface area (Å²) in [5.41, 5.74) is 1.08. The van der Waals surface area contributed by atoms with Gasteiger partial charge in [0.05, 0.1) is 0 Å². The van der Waals surface area contributed by atoms with Crippen molar-refractivity contribution in [1.29, 1.82) is 0 Å². The zero-order valence-electron chi connectivity index (χ0n) is 16.4. The predicted octanol–water partition coefficient (Wildman–Crippen LogP) is 4.06. The number of amides is 3. The molecule has 0 radical (unpaired) electrons. The number of hydrogen-bond acceptors (Lipinski definition) is 4. The van der Waals surface area contributed by atoms with Gasteiger partial charge in [-0.05, 0) is 43.2 Å². The van der Waals surface area contributed by atoms with E-state index in [0.29, 0.717) is 16.4 Å². The van der Waals surface area contributed by atoms with Crippen molar-refractivity contribution >= 4 is 40.9 Å². The Hall–Kier alpha value is -3.06. The maximum atomic E-state index is 12.5. The van der Waals surface area contributed by atoms with Crippen LogP contribution in [0.25, 0.3) is 0 Å². The molecule has 8 heteroatoms. The summed E-state index contributed by atoms with van der Waals surface area (Å²) in [6, 6.07) is 14.0. The van der Waals surface area contributed by atoms with E-state index in [-0.39, 0.29) is 5.92 Å². The molecule has 7 nitrogen and oxygen atoms in total. The van der Waals surface area contributed by atoms with E-state index in [1.165, 1.54) is 6.92 Å². The van der Waals surface area contributed by atoms with Crippen LogP contribution in [0.15, 0.2) is 54.6 Å². The quantitative estimate of drug-likeness (QED) is 0.592. The number of carbonyl (C=O) groups excluding carboxylic acids is 3. The zero-order chi connectivity index (χ0) is 21.4. The third-order valence-electron chi connectivity index (χ3n) is 3.99. The van der Waals surface area contributed by atoms with Crippen molar-refractivity contribution in [2.75, 3.05) is 10.6 Å². The molecule has 0 aliphatic rings. The minimum Gasteiger partial charge on any atom is -0.451 e. The summed E-state index contributed by atoms with van der Waals surface area (Å²) in [6.07, 6.45) is -1.05. The molecule has 0 heterocycles. The molecule has 3 N–H and O–H groups in total. The summed E-state index contributed by atoms with van der Waals surface area (Å²) in [5, 5.41) is 8.34. The van der Waals surface area contributed by atoms with Gasteiger partial charge in [0.25, 0.3) is 5.91 Å². The highest BCUT2D eigenvalue weighted by Crippen LogP contribution is 2.16. The second kappa shape index (κ2) is 10.5. The molecular formula is C21H24ClN3O4. The molecule has 0 bridgehead atoms. The predicted molar refractivity (Wildman–Crippen MR) is 113 cm³/mol. The summed E-state index contributed by atoms with van der Waals surface area (Å²) in [4.78, 5) is 37.0. The maximum Gasteiger partial charge on any atom is 0.329 e. The average molecular weight is 418 g/mol. The second-order valence-corrected chi connectivity index (χ2v) is 7.20. The summed E-state index contributed by atoms with van der Waals surface area (Å²) in [7, 11) is 0. The molecule has 2 atom stereocenters. The fraction of sp³-hybridized carbons (Fsp3) is 0.286. The van der Waals surface area contributed by atoms with Crippen LogP contribution in [0.2, 0.25) is 5.02 Å². The van der Waals surface area contributed by atoms with Gasteiger partial charge in [-0.15, -0.1) is 0 Å². The molecule has 154 valence electrons. The number of anilines is 2. The number of nitrogens with one attached hydrogen (secondary N) is 3. The molecule has 2 aromatic rings. The molecule has 3 amide bonds. The number of urea groups is 1. The Kier molecular flexibility index (Phi) is 8.03. The number of rotatable bonds is 7. The molecular weight excluding hydrogens is 394 g/mol. The second-order valence-electron chi connectivity index (χ2n) is 6.76. The lowest BCUT2D eigenvalue weighted by Crippen LogP contribution is -2.48. The normalized spacial score (nSPS) is 12.6. The fourth-order valence-electron chi connectivity index (χ4n) is 2.44. The van der Waals surface area contributed by atoms with Crippen LogP contribution in [0.4, 0.5) is 16.2 Å². The van der Waals surface area contributed by atoms with Gasteiger partial charge >= 0.3 is 12.0 Å². The van der Waals surface area contributed by atoms with Crippen LogP contribution in [0.5, 0.6) is 0 Å². The Bertz CT molecular complexity index is 858. The van der Waals surface area contributed by atoms with Crippen molar-refractivity contribution in [2.45, 2.75) is 32.9 Å². The Morgan fingerprint density at radius 3 is 2.17 bits per heavy atom. The van der Waals surface area contributed by atoms with Crippen molar-refractivity contribution in [3.8, 4) is 0 Å². The Balaban J connectivity index is 1.93. The van der Waals surface area contributed by atoms with Crippen molar-refractivity contribution in [3.05, 3.63) is 59.6 Å². The van der Waals surface area contributed by atoms with Gasteiger partial charge in [-0.1, -0.05) is 49.7 Å². The first-order valence-corrected chi connectivity index (χ1v) is 9.53. The van der Waals surface area contributed by atoms with Gasteiger partial charge in [0, 0.05) is 16.4 Å². The smallest absolute Gasteiger partial charge is 0.329 e. The van der Waals surface area contributed by atoms with Crippen LogP contribution in [0.3, 0.4) is 0 Å². The van der Waals surface area contributed by atoms with Crippen LogP contribution >= 0.6 is 11.6 Å². The molecule has 0 unspecified atom stereocenters. The van der Waals surface area contributed by atoms with E-state index < -0.39 is 30.1 Å². The van der Waals surface area contributed by atoms with Crippen LogP contribution in [0.1, 0.15) is 20.8 Å². The van der Waals surface area contributed by atoms with E-state index in [1.807, 2.05) is 6.07 Å².